The van der Waals surface area contributed by atoms with Gasteiger partial charge in [-0.2, -0.15) is 0 Å². The molecule has 3 heteroatoms. The van der Waals surface area contributed by atoms with E-state index in [0.29, 0.717) is 0 Å². The van der Waals surface area contributed by atoms with Gasteiger partial charge in [0.05, 0.1) is 0 Å². The number of nitrogens with zero attached hydrogens (tertiary/aromatic N) is 3. The second kappa shape index (κ2) is 3.14. The van der Waals surface area contributed by atoms with Crippen LogP contribution in [-0.2, 0) is 0 Å². The summed E-state index contributed by atoms with van der Waals surface area (Å²) in [6.45, 7) is 7.49. The Morgan fingerprint density at radius 1 is 1.45 bits per heavy atom. The van der Waals surface area contributed by atoms with Crippen molar-refractivity contribution in [3.63, 3.8) is 0 Å². The molecule has 0 aromatic carbocycles. The Bertz CT molecular complexity index is 284. The van der Waals surface area contributed by atoms with Crippen molar-refractivity contribution in [1.29, 1.82) is 0 Å². The van der Waals surface area contributed by atoms with Gasteiger partial charge in [0.15, 0.2) is 5.82 Å². The Morgan fingerprint density at radius 3 is 2.73 bits per heavy atom. The molecule has 0 atom stereocenters. The van der Waals surface area contributed by atoms with E-state index in [0.717, 1.165) is 11.6 Å². The fourth-order valence-electron chi connectivity index (χ4n) is 0.874. The smallest absolute Gasteiger partial charge is 0.160 e. The number of aryl methyl sites for hydroxylation is 1. The summed E-state index contributed by atoms with van der Waals surface area (Å²) in [6, 6.07) is 0. The van der Waals surface area contributed by atoms with E-state index in [-0.39, 0.29) is 0 Å². The minimum atomic E-state index is 0.819. The van der Waals surface area contributed by atoms with Gasteiger partial charge in [-0.15, -0.1) is 10.2 Å². The molecule has 0 aliphatic rings. The summed E-state index contributed by atoms with van der Waals surface area (Å²) >= 11 is 0. The van der Waals surface area contributed by atoms with E-state index in [2.05, 4.69) is 16.8 Å². The number of allylic oxidation sites excluding steroid dienone is 1. The Labute approximate surface area is 66.1 Å². The quantitative estimate of drug-likeness (QED) is 0.641. The molecule has 0 N–H and O–H groups in total. The monoisotopic (exact) mass is 149 g/mol. The first-order valence-corrected chi connectivity index (χ1v) is 3.46. The molecule has 0 spiro atoms. The molecular weight excluding hydrogens is 138 g/mol. The van der Waals surface area contributed by atoms with Crippen molar-refractivity contribution >= 4 is 12.3 Å². The van der Waals surface area contributed by atoms with E-state index in [1.807, 2.05) is 30.6 Å². The lowest BCUT2D eigenvalue weighted by Crippen LogP contribution is -1.91. The molecule has 0 aliphatic heterocycles. The lowest BCUT2D eigenvalue weighted by Gasteiger charge is -1.94. The van der Waals surface area contributed by atoms with Crippen LogP contribution in [0.25, 0.3) is 12.3 Å². The molecule has 11 heavy (non-hydrogen) atoms. The molecule has 0 bridgehead atoms. The molecule has 0 radical (unpaired) electrons. The highest BCUT2D eigenvalue weighted by molar-refractivity contribution is 5.43. The van der Waals surface area contributed by atoms with Gasteiger partial charge in [-0.05, 0) is 19.9 Å². The lowest BCUT2D eigenvalue weighted by atomic mass is 10.5. The predicted molar refractivity (Wildman–Crippen MR) is 45.9 cm³/mol. The van der Waals surface area contributed by atoms with Crippen LogP contribution in [0.5, 0.6) is 0 Å². The van der Waals surface area contributed by atoms with Gasteiger partial charge in [-0.1, -0.05) is 12.7 Å². The fraction of sp³-hybridized carbons (Fsp3) is 0.250. The average molecular weight is 149 g/mol. The zero-order chi connectivity index (χ0) is 8.27. The average Bonchev–Trinajstić information content (AvgIpc) is 2.33. The fourth-order valence-corrected chi connectivity index (χ4v) is 0.874. The van der Waals surface area contributed by atoms with Gasteiger partial charge in [0.25, 0.3) is 0 Å². The molecule has 1 aromatic heterocycles. The van der Waals surface area contributed by atoms with Crippen LogP contribution >= 0.6 is 0 Å². The van der Waals surface area contributed by atoms with E-state index in [4.69, 9.17) is 0 Å². The van der Waals surface area contributed by atoms with Gasteiger partial charge in [0, 0.05) is 6.20 Å². The second-order valence-electron chi connectivity index (χ2n) is 2.16. The topological polar surface area (TPSA) is 30.7 Å². The van der Waals surface area contributed by atoms with Crippen molar-refractivity contribution in [1.82, 2.24) is 14.8 Å². The third-order valence-corrected chi connectivity index (χ3v) is 1.39. The van der Waals surface area contributed by atoms with Crippen molar-refractivity contribution in [2.45, 2.75) is 13.8 Å². The molecule has 1 heterocycles. The van der Waals surface area contributed by atoms with Crippen LogP contribution in [0.4, 0.5) is 0 Å². The van der Waals surface area contributed by atoms with E-state index >= 15 is 0 Å². The summed E-state index contributed by atoms with van der Waals surface area (Å²) in [5.74, 6) is 1.67. The van der Waals surface area contributed by atoms with E-state index < -0.39 is 0 Å². The summed E-state index contributed by atoms with van der Waals surface area (Å²) in [5, 5.41) is 7.83. The van der Waals surface area contributed by atoms with Crippen LogP contribution in [0.3, 0.4) is 0 Å². The van der Waals surface area contributed by atoms with Gasteiger partial charge < -0.3 is 0 Å². The summed E-state index contributed by atoms with van der Waals surface area (Å²) in [4.78, 5) is 0. The van der Waals surface area contributed by atoms with Gasteiger partial charge >= 0.3 is 0 Å². The van der Waals surface area contributed by atoms with Crippen molar-refractivity contribution in [3.8, 4) is 0 Å². The van der Waals surface area contributed by atoms with Crippen LogP contribution in [0.1, 0.15) is 18.6 Å². The maximum atomic E-state index is 3.93. The summed E-state index contributed by atoms with van der Waals surface area (Å²) in [5.41, 5.74) is 0. The zero-order valence-corrected chi connectivity index (χ0v) is 6.78. The van der Waals surface area contributed by atoms with Crippen molar-refractivity contribution in [2.24, 2.45) is 0 Å². The van der Waals surface area contributed by atoms with Crippen LogP contribution in [0.2, 0.25) is 0 Å². The Morgan fingerprint density at radius 2 is 2.18 bits per heavy atom. The molecule has 0 aliphatic carbocycles. The second-order valence-corrected chi connectivity index (χ2v) is 2.16. The minimum Gasteiger partial charge on any atom is -0.287 e. The molecule has 58 valence electrons. The Balaban J connectivity index is 3.15. The van der Waals surface area contributed by atoms with Crippen LogP contribution in [-0.4, -0.2) is 14.8 Å². The van der Waals surface area contributed by atoms with Gasteiger partial charge in [0.2, 0.25) is 0 Å². The van der Waals surface area contributed by atoms with Crippen LogP contribution < -0.4 is 0 Å². The normalized spacial score (nSPS) is 10.7. The maximum Gasteiger partial charge on any atom is 0.160 e. The van der Waals surface area contributed by atoms with Gasteiger partial charge in [-0.3, -0.25) is 4.57 Å². The predicted octanol–water partition coefficient (Wildman–Crippen LogP) is 1.72. The third kappa shape index (κ3) is 1.37. The molecule has 0 amide bonds. The van der Waals surface area contributed by atoms with Crippen LogP contribution in [0, 0.1) is 6.92 Å². The standard InChI is InChI=1S/C8H11N3/c1-4-6-8-10-9-7(3)11(8)5-2/h4-6H,2H2,1,3H3/b6-4-. The maximum absolute atomic E-state index is 3.93. The van der Waals surface area contributed by atoms with Crippen molar-refractivity contribution < 1.29 is 0 Å². The molecular formula is C8H11N3. The first kappa shape index (κ1) is 7.72. The summed E-state index contributed by atoms with van der Waals surface area (Å²) in [6.07, 6.45) is 5.51. The number of rotatable bonds is 2. The molecule has 1 rings (SSSR count). The number of hydrogen-bond donors (Lipinski definition) is 0. The molecule has 0 unspecified atom stereocenters. The molecule has 0 saturated heterocycles. The summed E-state index contributed by atoms with van der Waals surface area (Å²) in [7, 11) is 0. The number of aromatic nitrogens is 3. The minimum absolute atomic E-state index is 0.819. The first-order chi connectivity index (χ1) is 5.29. The van der Waals surface area contributed by atoms with Crippen LogP contribution in [0.15, 0.2) is 12.7 Å². The Hall–Kier alpha value is -1.38. The number of hydrogen-bond acceptors (Lipinski definition) is 2. The van der Waals surface area contributed by atoms with Crippen molar-refractivity contribution in [3.05, 3.63) is 24.3 Å². The molecule has 0 fully saturated rings. The van der Waals surface area contributed by atoms with Crippen molar-refractivity contribution in [2.75, 3.05) is 0 Å². The molecule has 1 aromatic rings. The highest BCUT2D eigenvalue weighted by atomic mass is 15.3. The molecule has 3 nitrogen and oxygen atoms in total. The molecule has 0 saturated carbocycles. The SMILES string of the molecule is C=Cn1c(C)nnc1/C=C\C. The van der Waals surface area contributed by atoms with E-state index in [1.54, 1.807) is 6.20 Å². The van der Waals surface area contributed by atoms with E-state index in [9.17, 15) is 0 Å². The first-order valence-electron chi connectivity index (χ1n) is 3.46. The Kier molecular flexibility index (Phi) is 2.21. The zero-order valence-electron chi connectivity index (χ0n) is 6.78. The highest BCUT2D eigenvalue weighted by Gasteiger charge is 1.99. The highest BCUT2D eigenvalue weighted by Crippen LogP contribution is 2.02. The van der Waals surface area contributed by atoms with E-state index in [1.165, 1.54) is 0 Å². The lowest BCUT2D eigenvalue weighted by molar-refractivity contribution is 1.01. The summed E-state index contributed by atoms with van der Waals surface area (Å²) < 4.78 is 1.83. The largest absolute Gasteiger partial charge is 0.287 e. The van der Waals surface area contributed by atoms with Gasteiger partial charge in [-0.25, -0.2) is 0 Å². The van der Waals surface area contributed by atoms with Gasteiger partial charge in [0.1, 0.15) is 5.82 Å². The third-order valence-electron chi connectivity index (χ3n) is 1.39.